The van der Waals surface area contributed by atoms with Crippen molar-refractivity contribution in [2.24, 2.45) is 17.8 Å². The minimum absolute atomic E-state index is 0.0482. The summed E-state index contributed by atoms with van der Waals surface area (Å²) in [6, 6.07) is 45.8. The Bertz CT molecular complexity index is 2530. The van der Waals surface area contributed by atoms with Crippen molar-refractivity contribution >= 4 is 38.9 Å². The predicted molar refractivity (Wildman–Crippen MR) is 215 cm³/mol. The quantitative estimate of drug-likeness (QED) is 0.181. The largest absolute Gasteiger partial charge is 0.310 e. The van der Waals surface area contributed by atoms with Crippen molar-refractivity contribution in [1.82, 2.24) is 4.57 Å². The van der Waals surface area contributed by atoms with Crippen LogP contribution in [-0.4, -0.2) is 4.57 Å². The molecular weight excluding hydrogens is 629 g/mol. The molecule has 5 aromatic carbocycles. The molecule has 0 bridgehead atoms. The van der Waals surface area contributed by atoms with Gasteiger partial charge in [-0.2, -0.15) is 0 Å². The van der Waals surface area contributed by atoms with Gasteiger partial charge in [-0.15, -0.1) is 0 Å². The first-order valence-electron chi connectivity index (χ1n) is 20.1. The molecule has 0 saturated heterocycles. The fraction of sp³-hybridized carbons (Fsp3) is 0.280. The van der Waals surface area contributed by atoms with Gasteiger partial charge in [0, 0.05) is 33.2 Å². The van der Waals surface area contributed by atoms with E-state index in [-0.39, 0.29) is 5.41 Å². The Balaban J connectivity index is 1.15. The summed E-state index contributed by atoms with van der Waals surface area (Å²) in [6.07, 6.45) is 16.9. The molecule has 0 aliphatic heterocycles. The van der Waals surface area contributed by atoms with Crippen molar-refractivity contribution in [3.8, 4) is 5.69 Å². The molecule has 12 rings (SSSR count). The average Bonchev–Trinajstić information content (AvgIpc) is 3.81. The van der Waals surface area contributed by atoms with E-state index in [9.17, 15) is 0 Å². The number of hydrogen-bond donors (Lipinski definition) is 0. The molecule has 0 N–H and O–H groups in total. The number of nitrogens with zero attached hydrogens (tertiary/aromatic N) is 2. The van der Waals surface area contributed by atoms with Crippen LogP contribution in [0, 0.1) is 17.8 Å². The third kappa shape index (κ3) is 3.71. The Morgan fingerprint density at radius 3 is 2.35 bits per heavy atom. The Labute approximate surface area is 306 Å². The molecule has 1 spiro atoms. The van der Waals surface area contributed by atoms with Gasteiger partial charge in [0.05, 0.1) is 16.7 Å². The van der Waals surface area contributed by atoms with E-state index in [2.05, 4.69) is 143 Å². The summed E-state index contributed by atoms with van der Waals surface area (Å²) in [5.74, 6) is 2.92. The number of benzene rings is 5. The minimum atomic E-state index is 0.0482. The van der Waals surface area contributed by atoms with Gasteiger partial charge < -0.3 is 9.47 Å². The molecule has 6 aliphatic rings. The van der Waals surface area contributed by atoms with Crippen LogP contribution in [0.5, 0.6) is 0 Å². The zero-order chi connectivity index (χ0) is 34.0. The fourth-order valence-electron chi connectivity index (χ4n) is 12.9. The third-order valence-electron chi connectivity index (χ3n) is 14.3. The first kappa shape index (κ1) is 29.5. The maximum atomic E-state index is 2.65. The topological polar surface area (TPSA) is 8.17 Å². The maximum Gasteiger partial charge on any atom is 0.0542 e. The lowest BCUT2D eigenvalue weighted by Crippen LogP contribution is -2.35. The number of para-hydroxylation sites is 3. The molecule has 0 amide bonds. The number of anilines is 3. The summed E-state index contributed by atoms with van der Waals surface area (Å²) in [7, 11) is 0. The van der Waals surface area contributed by atoms with E-state index in [1.54, 1.807) is 27.8 Å². The van der Waals surface area contributed by atoms with Crippen LogP contribution in [0.2, 0.25) is 0 Å². The van der Waals surface area contributed by atoms with Crippen molar-refractivity contribution in [3.05, 3.63) is 167 Å². The van der Waals surface area contributed by atoms with Crippen LogP contribution in [0.4, 0.5) is 17.1 Å². The van der Waals surface area contributed by atoms with Crippen molar-refractivity contribution in [1.29, 1.82) is 0 Å². The second kappa shape index (κ2) is 11.0. The summed E-state index contributed by atoms with van der Waals surface area (Å²) in [4.78, 5) is 2.65. The molecule has 6 aromatic rings. The van der Waals surface area contributed by atoms with E-state index < -0.39 is 0 Å². The number of rotatable bonds is 4. The number of fused-ring (bicyclic) bond motifs is 7. The minimum Gasteiger partial charge on any atom is -0.310 e. The SMILES string of the molecule is C1=CC2=C(CCC1)C13C4=C2CCCC4C2CCCC(c4cccc(N(c5ccccc5)c5ccc6c(c5)c5ccccc5n6-c5ccccc5)c41)C23. The van der Waals surface area contributed by atoms with Gasteiger partial charge in [-0.25, -0.2) is 0 Å². The molecule has 2 nitrogen and oxygen atoms in total. The molecule has 254 valence electrons. The summed E-state index contributed by atoms with van der Waals surface area (Å²) in [5, 5.41) is 2.60. The highest BCUT2D eigenvalue weighted by molar-refractivity contribution is 6.10. The van der Waals surface area contributed by atoms with E-state index in [1.165, 1.54) is 102 Å². The molecule has 5 unspecified atom stereocenters. The van der Waals surface area contributed by atoms with Gasteiger partial charge >= 0.3 is 0 Å². The number of hydrogen-bond acceptors (Lipinski definition) is 1. The van der Waals surface area contributed by atoms with Crippen molar-refractivity contribution < 1.29 is 0 Å². The van der Waals surface area contributed by atoms with Crippen LogP contribution in [0.3, 0.4) is 0 Å². The van der Waals surface area contributed by atoms with Gasteiger partial charge in [0.1, 0.15) is 0 Å². The Hall–Kier alpha value is -5.08. The monoisotopic (exact) mass is 672 g/mol. The molecular formula is C50H44N2. The maximum absolute atomic E-state index is 2.65. The number of aromatic nitrogens is 1. The van der Waals surface area contributed by atoms with Gasteiger partial charge in [-0.05, 0) is 163 Å². The normalized spacial score (nSPS) is 26.8. The van der Waals surface area contributed by atoms with E-state index in [0.29, 0.717) is 11.8 Å². The molecule has 2 fully saturated rings. The summed E-state index contributed by atoms with van der Waals surface area (Å²) in [6.45, 7) is 0. The Kier molecular flexibility index (Phi) is 6.22. The first-order chi connectivity index (χ1) is 25.8. The van der Waals surface area contributed by atoms with Gasteiger partial charge in [0.15, 0.2) is 0 Å². The highest BCUT2D eigenvalue weighted by atomic mass is 15.1. The molecule has 52 heavy (non-hydrogen) atoms. The Morgan fingerprint density at radius 2 is 1.44 bits per heavy atom. The smallest absolute Gasteiger partial charge is 0.0542 e. The average molecular weight is 673 g/mol. The lowest BCUT2D eigenvalue weighted by Gasteiger charge is -2.40. The first-order valence-corrected chi connectivity index (χ1v) is 20.1. The molecule has 0 radical (unpaired) electrons. The van der Waals surface area contributed by atoms with Crippen LogP contribution >= 0.6 is 0 Å². The molecule has 1 aromatic heterocycles. The van der Waals surface area contributed by atoms with Gasteiger partial charge in [0.2, 0.25) is 0 Å². The summed E-state index contributed by atoms with van der Waals surface area (Å²) in [5.41, 5.74) is 18.1. The predicted octanol–water partition coefficient (Wildman–Crippen LogP) is 13.2. The zero-order valence-electron chi connectivity index (χ0n) is 29.8. The molecule has 5 atom stereocenters. The van der Waals surface area contributed by atoms with Crippen LogP contribution in [0.15, 0.2) is 156 Å². The highest BCUT2D eigenvalue weighted by Gasteiger charge is 2.69. The number of allylic oxidation sites excluding steroid dienone is 6. The summed E-state index contributed by atoms with van der Waals surface area (Å²) < 4.78 is 2.44. The molecule has 1 heterocycles. The molecule has 2 heteroatoms. The van der Waals surface area contributed by atoms with Crippen LogP contribution in [0.25, 0.3) is 27.5 Å². The van der Waals surface area contributed by atoms with Crippen molar-refractivity contribution in [2.45, 2.75) is 69.1 Å². The van der Waals surface area contributed by atoms with Gasteiger partial charge in [-0.1, -0.05) is 85.3 Å². The van der Waals surface area contributed by atoms with E-state index in [4.69, 9.17) is 0 Å². The van der Waals surface area contributed by atoms with Gasteiger partial charge in [0.25, 0.3) is 0 Å². The second-order valence-electron chi connectivity index (χ2n) is 16.4. The second-order valence-corrected chi connectivity index (χ2v) is 16.4. The molecule has 2 saturated carbocycles. The van der Waals surface area contributed by atoms with Crippen LogP contribution < -0.4 is 4.90 Å². The lowest BCUT2D eigenvalue weighted by atomic mass is 9.63. The van der Waals surface area contributed by atoms with E-state index in [0.717, 1.165) is 11.8 Å². The Morgan fingerprint density at radius 1 is 0.635 bits per heavy atom. The van der Waals surface area contributed by atoms with E-state index >= 15 is 0 Å². The third-order valence-corrected chi connectivity index (χ3v) is 14.3. The van der Waals surface area contributed by atoms with Crippen LogP contribution in [-0.2, 0) is 5.41 Å². The van der Waals surface area contributed by atoms with Crippen LogP contribution in [0.1, 0.15) is 74.8 Å². The van der Waals surface area contributed by atoms with Crippen molar-refractivity contribution in [3.63, 3.8) is 0 Å². The fourth-order valence-corrected chi connectivity index (χ4v) is 12.9. The van der Waals surface area contributed by atoms with Crippen molar-refractivity contribution in [2.75, 3.05) is 4.90 Å². The zero-order valence-corrected chi connectivity index (χ0v) is 29.8. The summed E-state index contributed by atoms with van der Waals surface area (Å²) >= 11 is 0. The van der Waals surface area contributed by atoms with E-state index in [1.807, 2.05) is 5.57 Å². The highest BCUT2D eigenvalue weighted by Crippen LogP contribution is 2.78. The molecule has 6 aliphatic carbocycles. The lowest BCUT2D eigenvalue weighted by molar-refractivity contribution is 0.177. The standard InChI is InChI=1S/C50H44N2/c1-4-15-32(16-5-1)51(34-29-30-45-42(31-34)36-20-10-11-27-44(36)52(45)33-17-6-2-7-18-33)46-28-14-25-41-40-24-13-23-39-38-22-12-21-37-35-19-8-3-9-26-43(35)50(47(37)38,48(39)40)49(41)46/h1-2,4-8,10-11,14-20,25,27-31,38-40,48H,3,9,12-13,21-24,26H2. The van der Waals surface area contributed by atoms with Gasteiger partial charge in [-0.3, -0.25) is 0 Å².